The molecule has 0 amide bonds. The van der Waals surface area contributed by atoms with E-state index in [9.17, 15) is 4.79 Å². The lowest BCUT2D eigenvalue weighted by Gasteiger charge is -2.22. The predicted molar refractivity (Wildman–Crippen MR) is 109 cm³/mol. The molecule has 0 aliphatic rings. The van der Waals surface area contributed by atoms with E-state index in [1.807, 2.05) is 32.0 Å². The molecular weight excluding hydrogens is 379 g/mol. The Morgan fingerprint density at radius 1 is 1.20 bits per heavy atom. The molecule has 0 radical (unpaired) electrons. The maximum atomic E-state index is 12.4. The normalized spacial score (nSPS) is 12.5. The molecule has 140 valence electrons. The summed E-state index contributed by atoms with van der Waals surface area (Å²) in [5.74, 6) is -0.472. The summed E-state index contributed by atoms with van der Waals surface area (Å²) in [5.41, 5.74) is 5.10. The lowest BCUT2D eigenvalue weighted by Crippen LogP contribution is -2.12. The lowest BCUT2D eigenvalue weighted by atomic mass is 10.2. The summed E-state index contributed by atoms with van der Waals surface area (Å²) >= 11 is 6.63. The van der Waals surface area contributed by atoms with Gasteiger partial charge in [-0.15, -0.1) is 0 Å². The Kier molecular flexibility index (Phi) is 9.53. The van der Waals surface area contributed by atoms with Crippen LogP contribution in [-0.2, 0) is 30.4 Å². The number of nitrogens with one attached hydrogen (secondary N) is 1. The number of carbonyl (C=O) groups is 1. The number of hydrogen-bond acceptors (Lipinski definition) is 8. The molecule has 1 rings (SSSR count). The van der Waals surface area contributed by atoms with Crippen molar-refractivity contribution < 1.29 is 18.6 Å². The number of para-hydroxylation sites is 2. The molecule has 3 N–H and O–H groups in total. The molecule has 0 saturated carbocycles. The topological polar surface area (TPSA) is 82.8 Å². The van der Waals surface area contributed by atoms with Crippen LogP contribution in [-0.4, -0.2) is 25.8 Å². The second-order valence-electron chi connectivity index (χ2n) is 4.76. The van der Waals surface area contributed by atoms with Crippen LogP contribution in [0.1, 0.15) is 27.7 Å². The molecule has 0 aliphatic carbocycles. The van der Waals surface area contributed by atoms with Gasteiger partial charge in [-0.1, -0.05) is 12.1 Å². The number of ether oxygens (including phenoxy) is 1. The fraction of sp³-hybridized carbons (Fsp3) is 0.438. The third kappa shape index (κ3) is 6.99. The molecule has 0 spiro atoms. The minimum Gasteiger partial charge on any atom is -0.462 e. The third-order valence-corrected chi connectivity index (χ3v) is 8.04. The monoisotopic (exact) mass is 404 g/mol. The van der Waals surface area contributed by atoms with Gasteiger partial charge in [0.2, 0.25) is 0 Å². The molecule has 0 aliphatic heterocycles. The van der Waals surface area contributed by atoms with Gasteiger partial charge >= 0.3 is 5.97 Å². The first-order valence-electron chi connectivity index (χ1n) is 7.95. The molecule has 0 atom stereocenters. The summed E-state index contributed by atoms with van der Waals surface area (Å²) in [4.78, 5) is 12.8. The fourth-order valence-electron chi connectivity index (χ4n) is 1.84. The molecule has 6 nitrogen and oxygen atoms in total. The summed E-state index contributed by atoms with van der Waals surface area (Å²) in [7, 11) is 0. The van der Waals surface area contributed by atoms with Crippen molar-refractivity contribution in [2.24, 2.45) is 0 Å². The molecule has 0 fully saturated rings. The van der Waals surface area contributed by atoms with Crippen LogP contribution in [0.2, 0.25) is 0 Å². The van der Waals surface area contributed by atoms with Gasteiger partial charge in [-0.3, -0.25) is 0 Å². The molecule has 0 saturated heterocycles. The minimum absolute atomic E-state index is 0.260. The number of benzene rings is 1. The first-order valence-corrected chi connectivity index (χ1v) is 12.0. The van der Waals surface area contributed by atoms with Crippen LogP contribution < -0.4 is 11.1 Å². The SMILES string of the molecule is CCOC(=O)C(SP(=S)(OCC)OCC)=C(C)Nc1ccccc1N. The zero-order valence-corrected chi connectivity index (χ0v) is 17.4. The van der Waals surface area contributed by atoms with Crippen LogP contribution in [0.3, 0.4) is 0 Å². The van der Waals surface area contributed by atoms with Crippen molar-refractivity contribution in [2.45, 2.75) is 27.7 Å². The highest BCUT2D eigenvalue weighted by molar-refractivity contribution is 8.69. The fourth-order valence-corrected chi connectivity index (χ4v) is 6.76. The molecular formula is C16H25N2O4PS2. The van der Waals surface area contributed by atoms with Crippen molar-refractivity contribution in [3.63, 3.8) is 0 Å². The van der Waals surface area contributed by atoms with Crippen LogP contribution in [0.15, 0.2) is 34.9 Å². The van der Waals surface area contributed by atoms with Gasteiger partial charge in [-0.2, -0.15) is 0 Å². The van der Waals surface area contributed by atoms with Gasteiger partial charge in [0.05, 0.1) is 31.2 Å². The van der Waals surface area contributed by atoms with Crippen molar-refractivity contribution in [1.82, 2.24) is 0 Å². The van der Waals surface area contributed by atoms with E-state index in [2.05, 4.69) is 5.32 Å². The Hall–Kier alpha value is -1.05. The Balaban J connectivity index is 3.19. The zero-order valence-electron chi connectivity index (χ0n) is 14.9. The number of anilines is 2. The van der Waals surface area contributed by atoms with Gasteiger partial charge in [0.15, 0.2) is 0 Å². The second kappa shape index (κ2) is 10.8. The maximum absolute atomic E-state index is 12.4. The number of nitrogens with two attached hydrogens (primary N) is 1. The van der Waals surface area contributed by atoms with Gasteiger partial charge in [0, 0.05) is 5.70 Å². The van der Waals surface area contributed by atoms with E-state index in [0.29, 0.717) is 35.2 Å². The first kappa shape index (κ1) is 22.0. The summed E-state index contributed by atoms with van der Waals surface area (Å²) in [6, 6.07) is 7.30. The van der Waals surface area contributed by atoms with E-state index < -0.39 is 11.7 Å². The summed E-state index contributed by atoms with van der Waals surface area (Å²) in [6.07, 6.45) is 0. The molecule has 0 heterocycles. The quantitative estimate of drug-likeness (QED) is 0.255. The van der Waals surface area contributed by atoms with Gasteiger partial charge in [0.1, 0.15) is 4.91 Å². The number of esters is 1. The summed E-state index contributed by atoms with van der Waals surface area (Å²) in [6.45, 7) is 8.25. The van der Waals surface area contributed by atoms with E-state index in [0.717, 1.165) is 11.4 Å². The smallest absolute Gasteiger partial charge is 0.346 e. The Morgan fingerprint density at radius 3 is 2.32 bits per heavy atom. The van der Waals surface area contributed by atoms with E-state index >= 15 is 0 Å². The van der Waals surface area contributed by atoms with Crippen LogP contribution in [0.4, 0.5) is 11.4 Å². The van der Waals surface area contributed by atoms with Gasteiger partial charge in [-0.25, -0.2) is 4.79 Å². The molecule has 0 bridgehead atoms. The van der Waals surface area contributed by atoms with E-state index in [1.54, 1.807) is 19.9 Å². The zero-order chi connectivity index (χ0) is 18.9. The number of allylic oxidation sites excluding steroid dienone is 1. The maximum Gasteiger partial charge on any atom is 0.346 e. The van der Waals surface area contributed by atoms with Crippen LogP contribution in [0.5, 0.6) is 0 Å². The molecule has 0 unspecified atom stereocenters. The number of hydrogen-bond donors (Lipinski definition) is 2. The van der Waals surface area contributed by atoms with Crippen molar-refractivity contribution >= 4 is 46.2 Å². The molecule has 0 aromatic heterocycles. The largest absolute Gasteiger partial charge is 0.462 e. The van der Waals surface area contributed by atoms with Crippen LogP contribution in [0.25, 0.3) is 0 Å². The summed E-state index contributed by atoms with van der Waals surface area (Å²) < 4.78 is 16.4. The van der Waals surface area contributed by atoms with Gasteiger partial charge in [-0.05, 0) is 63.0 Å². The van der Waals surface area contributed by atoms with Gasteiger partial charge in [0.25, 0.3) is 5.69 Å². The Morgan fingerprint density at radius 2 is 1.80 bits per heavy atom. The standard InChI is InChI=1S/C16H25N2O4PS2/c1-5-20-16(19)15(25-23(24,21-6-2)22-7-3)12(4)18-14-11-9-8-10-13(14)17/h8-11,18H,5-7,17H2,1-4H3. The third-order valence-electron chi connectivity index (χ3n) is 2.86. The molecule has 1 aromatic carbocycles. The lowest BCUT2D eigenvalue weighted by molar-refractivity contribution is -0.137. The molecule has 1 aromatic rings. The van der Waals surface area contributed by atoms with Crippen molar-refractivity contribution in [3.05, 3.63) is 34.9 Å². The highest BCUT2D eigenvalue weighted by Crippen LogP contribution is 2.64. The van der Waals surface area contributed by atoms with Crippen LogP contribution in [0, 0.1) is 0 Å². The Bertz CT molecular complexity index is 657. The molecule has 9 heteroatoms. The average molecular weight is 404 g/mol. The highest BCUT2D eigenvalue weighted by atomic mass is 32.9. The number of rotatable bonds is 10. The van der Waals surface area contributed by atoms with Gasteiger partial charge < -0.3 is 24.8 Å². The Labute approximate surface area is 158 Å². The van der Waals surface area contributed by atoms with E-state index in [-0.39, 0.29) is 6.61 Å². The number of carbonyl (C=O) groups excluding carboxylic acids is 1. The second-order valence-corrected chi connectivity index (χ2v) is 10.9. The molecule has 25 heavy (non-hydrogen) atoms. The van der Waals surface area contributed by atoms with Crippen molar-refractivity contribution in [1.29, 1.82) is 0 Å². The van der Waals surface area contributed by atoms with Crippen LogP contribution >= 0.6 is 17.1 Å². The minimum atomic E-state index is -2.70. The van der Waals surface area contributed by atoms with E-state index in [1.165, 1.54) is 0 Å². The average Bonchev–Trinajstić information content (AvgIpc) is 2.55. The van der Waals surface area contributed by atoms with Crippen molar-refractivity contribution in [3.8, 4) is 0 Å². The highest BCUT2D eigenvalue weighted by Gasteiger charge is 2.28. The summed E-state index contributed by atoms with van der Waals surface area (Å²) in [5, 5.41) is 3.15. The first-order chi connectivity index (χ1) is 11.9. The van der Waals surface area contributed by atoms with E-state index in [4.69, 9.17) is 31.3 Å². The number of nitrogen functional groups attached to an aromatic ring is 1. The van der Waals surface area contributed by atoms with Crippen molar-refractivity contribution in [2.75, 3.05) is 30.9 Å². The predicted octanol–water partition coefficient (Wildman–Crippen LogP) is 4.51.